The summed E-state index contributed by atoms with van der Waals surface area (Å²) in [5.41, 5.74) is 1.35. The fourth-order valence-electron chi connectivity index (χ4n) is 3.79. The number of ether oxygens (including phenoxy) is 1. The Kier molecular flexibility index (Phi) is 3.64. The van der Waals surface area contributed by atoms with E-state index < -0.39 is 17.9 Å². The maximum atomic E-state index is 13.0. The predicted molar refractivity (Wildman–Crippen MR) is 93.1 cm³/mol. The highest BCUT2D eigenvalue weighted by atomic mass is 19.1. The first-order chi connectivity index (χ1) is 13.1. The summed E-state index contributed by atoms with van der Waals surface area (Å²) < 4.78 is 20.6. The zero-order chi connectivity index (χ0) is 18.6. The zero-order valence-electron chi connectivity index (χ0n) is 14.3. The number of hydrogen-bond donors (Lipinski definition) is 3. The molecule has 2 aromatic heterocycles. The number of anilines is 1. The molecule has 27 heavy (non-hydrogen) atoms. The van der Waals surface area contributed by atoms with Gasteiger partial charge in [-0.05, 0) is 24.1 Å². The summed E-state index contributed by atoms with van der Waals surface area (Å²) in [5, 5.41) is 23.2. The molecule has 3 N–H and O–H groups in total. The minimum atomic E-state index is -0.722. The van der Waals surface area contributed by atoms with Crippen LogP contribution in [0.15, 0.2) is 36.9 Å². The number of imidazole rings is 1. The maximum Gasteiger partial charge on any atom is 0.167 e. The molecule has 1 aliphatic carbocycles. The molecule has 3 aromatic rings. The van der Waals surface area contributed by atoms with E-state index in [1.54, 1.807) is 23.0 Å². The van der Waals surface area contributed by atoms with Gasteiger partial charge in [0.2, 0.25) is 0 Å². The Morgan fingerprint density at radius 3 is 2.81 bits per heavy atom. The summed E-state index contributed by atoms with van der Waals surface area (Å²) in [6.07, 6.45) is 2.28. The summed E-state index contributed by atoms with van der Waals surface area (Å²) in [6, 6.07) is 6.20. The number of aliphatic hydroxyl groups excluding tert-OH is 2. The second kappa shape index (κ2) is 5.95. The average Bonchev–Trinajstić information content (AvgIpc) is 3.13. The third kappa shape index (κ3) is 2.58. The van der Waals surface area contributed by atoms with E-state index in [0.29, 0.717) is 29.9 Å². The van der Waals surface area contributed by atoms with Gasteiger partial charge in [0.1, 0.15) is 18.2 Å². The monoisotopic (exact) mass is 371 g/mol. The second-order valence-corrected chi connectivity index (χ2v) is 7.06. The number of halogens is 1. The van der Waals surface area contributed by atoms with E-state index in [-0.39, 0.29) is 18.3 Å². The highest BCUT2D eigenvalue weighted by Gasteiger charge is 2.67. The number of nitrogens with one attached hydrogen (secondary N) is 1. The highest BCUT2D eigenvalue weighted by Crippen LogP contribution is 2.59. The van der Waals surface area contributed by atoms with Crippen LogP contribution in [-0.4, -0.2) is 48.0 Å². The van der Waals surface area contributed by atoms with Gasteiger partial charge in [0, 0.05) is 12.5 Å². The first kappa shape index (κ1) is 16.5. The molecule has 9 heteroatoms. The average molecular weight is 371 g/mol. The summed E-state index contributed by atoms with van der Waals surface area (Å²) >= 11 is 0. The maximum absolute atomic E-state index is 13.0. The summed E-state index contributed by atoms with van der Waals surface area (Å²) in [6.45, 7) is 0.342. The van der Waals surface area contributed by atoms with Gasteiger partial charge in [-0.2, -0.15) is 0 Å². The molecule has 1 aliphatic heterocycles. The lowest BCUT2D eigenvalue weighted by molar-refractivity contribution is -0.0889. The predicted octanol–water partition coefficient (Wildman–Crippen LogP) is 1.22. The van der Waals surface area contributed by atoms with Crippen LogP contribution in [0.4, 0.5) is 10.2 Å². The van der Waals surface area contributed by atoms with Crippen LogP contribution in [0.2, 0.25) is 0 Å². The van der Waals surface area contributed by atoms with Crippen molar-refractivity contribution in [2.75, 3.05) is 11.9 Å². The SMILES string of the molecule is OC[C@]12CC1[C@H](O)[C@H](n1cnc3c(NCc4ccc(F)cc4)ncnc31)O2. The summed E-state index contributed by atoms with van der Waals surface area (Å²) in [4.78, 5) is 12.9. The largest absolute Gasteiger partial charge is 0.393 e. The molecule has 8 nitrogen and oxygen atoms in total. The summed E-state index contributed by atoms with van der Waals surface area (Å²) in [7, 11) is 0. The van der Waals surface area contributed by atoms with Crippen molar-refractivity contribution in [1.82, 2.24) is 19.5 Å². The third-order valence-corrected chi connectivity index (χ3v) is 5.41. The van der Waals surface area contributed by atoms with Crippen LogP contribution in [0.1, 0.15) is 18.2 Å². The van der Waals surface area contributed by atoms with E-state index in [0.717, 1.165) is 5.56 Å². The highest BCUT2D eigenvalue weighted by molar-refractivity contribution is 5.82. The quantitative estimate of drug-likeness (QED) is 0.619. The van der Waals surface area contributed by atoms with Gasteiger partial charge in [0.15, 0.2) is 23.2 Å². The molecule has 0 spiro atoms. The Morgan fingerprint density at radius 1 is 1.26 bits per heavy atom. The van der Waals surface area contributed by atoms with E-state index in [1.807, 2.05) is 0 Å². The fraction of sp³-hybridized carbons (Fsp3) is 0.389. The van der Waals surface area contributed by atoms with Crippen LogP contribution in [0.5, 0.6) is 0 Å². The van der Waals surface area contributed by atoms with Crippen molar-refractivity contribution in [3.05, 3.63) is 48.3 Å². The molecule has 140 valence electrons. The van der Waals surface area contributed by atoms with Crippen LogP contribution in [0.3, 0.4) is 0 Å². The Morgan fingerprint density at radius 2 is 2.07 bits per heavy atom. The van der Waals surface area contributed by atoms with Crippen molar-refractivity contribution in [2.24, 2.45) is 5.92 Å². The van der Waals surface area contributed by atoms with Crippen LogP contribution in [0.25, 0.3) is 11.2 Å². The fourth-order valence-corrected chi connectivity index (χ4v) is 3.79. The molecule has 1 saturated heterocycles. The van der Waals surface area contributed by atoms with Crippen molar-refractivity contribution < 1.29 is 19.3 Å². The lowest BCUT2D eigenvalue weighted by atomic mass is 10.2. The zero-order valence-corrected chi connectivity index (χ0v) is 14.3. The van der Waals surface area contributed by atoms with Crippen LogP contribution in [0, 0.1) is 11.7 Å². The molecule has 2 fully saturated rings. The Labute approximate surface area is 153 Å². The van der Waals surface area contributed by atoms with Gasteiger partial charge < -0.3 is 20.3 Å². The number of aliphatic hydroxyl groups is 2. The summed E-state index contributed by atoms with van der Waals surface area (Å²) in [5.74, 6) is 0.191. The molecule has 1 saturated carbocycles. The molecule has 1 aromatic carbocycles. The molecule has 5 rings (SSSR count). The van der Waals surface area contributed by atoms with Gasteiger partial charge >= 0.3 is 0 Å². The standard InChI is InChI=1S/C18H18FN5O3/c19-11-3-1-10(2-4-11)6-20-15-13-16(22-8-21-15)24(9-23-13)17-14(26)12-5-18(12,7-25)27-17/h1-4,8-9,12,14,17,25-26H,5-7H2,(H,20,21,22)/t12?,14-,17+,18+/m0/s1. The minimum absolute atomic E-state index is 0.0668. The first-order valence-electron chi connectivity index (χ1n) is 8.74. The number of nitrogens with zero attached hydrogens (tertiary/aromatic N) is 4. The van der Waals surface area contributed by atoms with Gasteiger partial charge in [0.25, 0.3) is 0 Å². The van der Waals surface area contributed by atoms with E-state index in [2.05, 4.69) is 20.3 Å². The lowest BCUT2D eigenvalue weighted by Crippen LogP contribution is -2.24. The van der Waals surface area contributed by atoms with Gasteiger partial charge in [0.05, 0.1) is 18.5 Å². The Balaban J connectivity index is 1.41. The van der Waals surface area contributed by atoms with E-state index in [9.17, 15) is 14.6 Å². The topological polar surface area (TPSA) is 105 Å². The van der Waals surface area contributed by atoms with E-state index in [4.69, 9.17) is 4.74 Å². The molecule has 0 bridgehead atoms. The molecule has 0 radical (unpaired) electrons. The Hall–Kier alpha value is -2.62. The molecule has 1 unspecified atom stereocenters. The first-order valence-corrected chi connectivity index (χ1v) is 8.74. The van der Waals surface area contributed by atoms with Crippen molar-refractivity contribution in [2.45, 2.75) is 30.9 Å². The molecular formula is C18H18FN5O3. The molecule has 2 aliphatic rings. The minimum Gasteiger partial charge on any atom is -0.393 e. The Bertz CT molecular complexity index is 994. The molecular weight excluding hydrogens is 353 g/mol. The number of fused-ring (bicyclic) bond motifs is 2. The van der Waals surface area contributed by atoms with Gasteiger partial charge in [-0.15, -0.1) is 0 Å². The number of aromatic nitrogens is 4. The number of benzene rings is 1. The molecule has 3 heterocycles. The van der Waals surface area contributed by atoms with Gasteiger partial charge in [-0.3, -0.25) is 4.57 Å². The lowest BCUT2D eigenvalue weighted by Gasteiger charge is -2.21. The smallest absolute Gasteiger partial charge is 0.167 e. The van der Waals surface area contributed by atoms with Crippen molar-refractivity contribution in [1.29, 1.82) is 0 Å². The van der Waals surface area contributed by atoms with Crippen molar-refractivity contribution >= 4 is 17.0 Å². The van der Waals surface area contributed by atoms with Crippen LogP contribution < -0.4 is 5.32 Å². The van der Waals surface area contributed by atoms with Crippen LogP contribution >= 0.6 is 0 Å². The van der Waals surface area contributed by atoms with Gasteiger partial charge in [-0.1, -0.05) is 12.1 Å². The number of hydrogen-bond acceptors (Lipinski definition) is 7. The van der Waals surface area contributed by atoms with Gasteiger partial charge in [-0.25, -0.2) is 19.3 Å². The van der Waals surface area contributed by atoms with Crippen molar-refractivity contribution in [3.63, 3.8) is 0 Å². The van der Waals surface area contributed by atoms with Crippen molar-refractivity contribution in [3.8, 4) is 0 Å². The normalized spacial score (nSPS) is 29.1. The number of rotatable bonds is 5. The molecule has 0 amide bonds. The third-order valence-electron chi connectivity index (χ3n) is 5.41. The second-order valence-electron chi connectivity index (χ2n) is 7.06. The van der Waals surface area contributed by atoms with Crippen LogP contribution in [-0.2, 0) is 11.3 Å². The molecule has 4 atom stereocenters. The van der Waals surface area contributed by atoms with E-state index in [1.165, 1.54) is 18.5 Å². The van der Waals surface area contributed by atoms with E-state index >= 15 is 0 Å².